The summed E-state index contributed by atoms with van der Waals surface area (Å²) in [6, 6.07) is 4.69. The molecule has 1 aliphatic heterocycles. The highest BCUT2D eigenvalue weighted by Crippen LogP contribution is 2.41. The lowest BCUT2D eigenvalue weighted by Crippen LogP contribution is -2.38. The zero-order valence-corrected chi connectivity index (χ0v) is 19.3. The van der Waals surface area contributed by atoms with E-state index < -0.39 is 43.3 Å². The lowest BCUT2D eigenvalue weighted by molar-refractivity contribution is -0.172. The predicted octanol–water partition coefficient (Wildman–Crippen LogP) is 3.77. The summed E-state index contributed by atoms with van der Waals surface area (Å²) in [4.78, 5) is 29.6. The number of carbonyl (C=O) groups excluding carboxylic acids is 2. The molecule has 3 aromatic rings. The number of nitrogens with zero attached hydrogens (tertiary/aromatic N) is 4. The number of alkyl halides is 4. The zero-order chi connectivity index (χ0) is 25.5. The average Bonchev–Trinajstić information content (AvgIpc) is 3.47. The van der Waals surface area contributed by atoms with Crippen LogP contribution in [0.25, 0.3) is 0 Å². The molecule has 35 heavy (non-hydrogen) atoms. The first-order valence-corrected chi connectivity index (χ1v) is 11.1. The van der Waals surface area contributed by atoms with Crippen LogP contribution in [0.3, 0.4) is 0 Å². The van der Waals surface area contributed by atoms with Gasteiger partial charge in [-0.15, -0.1) is 0 Å². The van der Waals surface area contributed by atoms with E-state index >= 15 is 0 Å². The van der Waals surface area contributed by atoms with Gasteiger partial charge in [-0.1, -0.05) is 17.4 Å². The average molecular weight is 512 g/mol. The lowest BCUT2D eigenvalue weighted by Gasteiger charge is -2.14. The van der Waals surface area contributed by atoms with Crippen LogP contribution in [-0.2, 0) is 11.3 Å². The van der Waals surface area contributed by atoms with Crippen LogP contribution in [0.1, 0.15) is 20.8 Å². The highest BCUT2D eigenvalue weighted by molar-refractivity contribution is 7.17. The number of anilines is 3. The van der Waals surface area contributed by atoms with Crippen molar-refractivity contribution in [2.45, 2.75) is 32.2 Å². The molecule has 3 N–H and O–H groups in total. The first-order valence-electron chi connectivity index (χ1n) is 10.3. The summed E-state index contributed by atoms with van der Waals surface area (Å²) < 4.78 is 54.5. The van der Waals surface area contributed by atoms with Gasteiger partial charge in [-0.25, -0.2) is 4.98 Å². The molecule has 2 aromatic heterocycles. The number of aromatic nitrogens is 3. The number of phenols is 1. The molecule has 186 valence electrons. The number of thiazole rings is 1. The van der Waals surface area contributed by atoms with Crippen LogP contribution in [0.2, 0.25) is 0 Å². The van der Waals surface area contributed by atoms with Gasteiger partial charge in [0.2, 0.25) is 5.91 Å². The minimum atomic E-state index is -4.27. The Morgan fingerprint density at radius 3 is 2.51 bits per heavy atom. The van der Waals surface area contributed by atoms with E-state index in [1.165, 1.54) is 24.5 Å². The Morgan fingerprint density at radius 1 is 1.14 bits per heavy atom. The molecule has 0 bridgehead atoms. The van der Waals surface area contributed by atoms with E-state index in [2.05, 4.69) is 20.7 Å². The van der Waals surface area contributed by atoms with Crippen molar-refractivity contribution in [3.8, 4) is 5.75 Å². The maximum absolute atomic E-state index is 13.3. The summed E-state index contributed by atoms with van der Waals surface area (Å²) in [5.41, 5.74) is 1.80. The van der Waals surface area contributed by atoms with Gasteiger partial charge in [0, 0.05) is 17.8 Å². The van der Waals surface area contributed by atoms with Crippen LogP contribution in [0.5, 0.6) is 5.75 Å². The van der Waals surface area contributed by atoms with Gasteiger partial charge < -0.3 is 20.6 Å². The first-order chi connectivity index (χ1) is 16.4. The van der Waals surface area contributed by atoms with Gasteiger partial charge in [-0.3, -0.25) is 14.3 Å². The zero-order valence-electron chi connectivity index (χ0n) is 18.5. The topological polar surface area (TPSA) is 112 Å². The molecule has 0 atom stereocenters. The fraction of sp³-hybridized carbons (Fsp3) is 0.333. The number of hydrogen-bond acceptors (Lipinski definition) is 7. The van der Waals surface area contributed by atoms with Crippen molar-refractivity contribution in [2.24, 2.45) is 0 Å². The number of likely N-dealkylation sites (tertiary alicyclic amines) is 1. The fourth-order valence-corrected chi connectivity index (χ4v) is 4.17. The number of aromatic hydroxyl groups is 1. The number of benzene rings is 1. The second-order valence-electron chi connectivity index (χ2n) is 8.07. The molecule has 9 nitrogen and oxygen atoms in total. The minimum Gasteiger partial charge on any atom is -0.508 e. The second-order valence-corrected chi connectivity index (χ2v) is 9.10. The number of phenolic OH excluding ortho intramolecular Hbond substituents is 1. The van der Waals surface area contributed by atoms with Crippen LogP contribution in [-0.4, -0.2) is 61.5 Å². The summed E-state index contributed by atoms with van der Waals surface area (Å²) in [5.74, 6) is -9.58. The number of nitrogens with one attached hydrogen (secondary N) is 2. The normalized spacial score (nSPS) is 16.3. The highest BCUT2D eigenvalue weighted by Gasteiger charge is 2.63. The van der Waals surface area contributed by atoms with E-state index in [9.17, 15) is 32.3 Å². The van der Waals surface area contributed by atoms with Crippen LogP contribution in [0.15, 0.2) is 30.6 Å². The van der Waals surface area contributed by atoms with Crippen LogP contribution >= 0.6 is 11.3 Å². The summed E-state index contributed by atoms with van der Waals surface area (Å²) >= 11 is 1.03. The van der Waals surface area contributed by atoms with Crippen molar-refractivity contribution in [1.29, 1.82) is 0 Å². The number of hydrogen-bond donors (Lipinski definition) is 3. The summed E-state index contributed by atoms with van der Waals surface area (Å²) in [6.07, 6.45) is 2.73. The molecule has 3 heterocycles. The Bertz CT molecular complexity index is 1280. The third-order valence-electron chi connectivity index (χ3n) is 5.45. The maximum Gasteiger partial charge on any atom is 0.329 e. The smallest absolute Gasteiger partial charge is 0.329 e. The maximum atomic E-state index is 13.3. The van der Waals surface area contributed by atoms with E-state index in [1.807, 2.05) is 0 Å². The van der Waals surface area contributed by atoms with Crippen molar-refractivity contribution < 1.29 is 32.3 Å². The van der Waals surface area contributed by atoms with Crippen molar-refractivity contribution in [3.63, 3.8) is 0 Å². The second kappa shape index (κ2) is 8.83. The summed E-state index contributed by atoms with van der Waals surface area (Å²) in [6.45, 7) is 0.276. The van der Waals surface area contributed by atoms with Gasteiger partial charge >= 0.3 is 11.8 Å². The Hall–Kier alpha value is -3.68. The molecule has 1 aromatic carbocycles. The quantitative estimate of drug-likeness (QED) is 0.434. The summed E-state index contributed by atoms with van der Waals surface area (Å²) in [5, 5.41) is 19.9. The monoisotopic (exact) mass is 512 g/mol. The van der Waals surface area contributed by atoms with Crippen LogP contribution < -0.4 is 10.6 Å². The highest BCUT2D eigenvalue weighted by atomic mass is 32.1. The van der Waals surface area contributed by atoms with Crippen molar-refractivity contribution >= 4 is 39.8 Å². The molecule has 0 unspecified atom stereocenters. The number of amides is 2. The Kier molecular flexibility index (Phi) is 6.17. The number of aryl methyl sites for hydroxylation is 1. The molecule has 1 saturated heterocycles. The van der Waals surface area contributed by atoms with Crippen LogP contribution in [0.4, 0.5) is 34.2 Å². The van der Waals surface area contributed by atoms with Gasteiger partial charge in [-0.2, -0.15) is 22.7 Å². The van der Waals surface area contributed by atoms with E-state index in [1.54, 1.807) is 19.9 Å². The molecule has 0 saturated carbocycles. The standard InChI is InChI=1S/C21H20F4N6O3S/c1-11-3-4-13(32)12(2)17(11)28-18(34)14-7-26-19(35-14)27-15-5-6-31(29-15)8-16(33)30-9-20(22,23)21(24,25)10-30/h3-7,32H,8-10H2,1-2H3,(H,28,34)(H,26,27,29). The molecular weight excluding hydrogens is 492 g/mol. The van der Waals surface area contributed by atoms with Crippen molar-refractivity contribution in [3.05, 3.63) is 46.6 Å². The van der Waals surface area contributed by atoms with Crippen LogP contribution in [0, 0.1) is 13.8 Å². The van der Waals surface area contributed by atoms with Gasteiger partial charge in [0.1, 0.15) is 17.2 Å². The van der Waals surface area contributed by atoms with Crippen molar-refractivity contribution in [2.75, 3.05) is 23.7 Å². The molecule has 4 rings (SSSR count). The first kappa shape index (κ1) is 24.4. The molecule has 1 aliphatic rings. The Balaban J connectivity index is 1.37. The molecule has 0 radical (unpaired) electrons. The number of halogens is 4. The fourth-order valence-electron chi connectivity index (χ4n) is 3.45. The largest absolute Gasteiger partial charge is 0.508 e. The van der Waals surface area contributed by atoms with E-state index in [0.29, 0.717) is 21.3 Å². The van der Waals surface area contributed by atoms with E-state index in [4.69, 9.17) is 0 Å². The van der Waals surface area contributed by atoms with E-state index in [-0.39, 0.29) is 16.4 Å². The molecule has 1 fully saturated rings. The Labute approximate surface area is 200 Å². The molecule has 0 spiro atoms. The van der Waals surface area contributed by atoms with Crippen molar-refractivity contribution in [1.82, 2.24) is 19.7 Å². The molecule has 2 amide bonds. The van der Waals surface area contributed by atoms with Gasteiger partial charge in [0.15, 0.2) is 10.9 Å². The van der Waals surface area contributed by atoms with Gasteiger partial charge in [0.05, 0.1) is 25.0 Å². The SMILES string of the molecule is Cc1ccc(O)c(C)c1NC(=O)c1cnc(Nc2ccn(CC(=O)N3CC(F)(F)C(F)(F)C3)n2)s1. The Morgan fingerprint density at radius 2 is 1.83 bits per heavy atom. The molecule has 14 heteroatoms. The number of rotatable bonds is 6. The summed E-state index contributed by atoms with van der Waals surface area (Å²) in [7, 11) is 0. The van der Waals surface area contributed by atoms with E-state index in [0.717, 1.165) is 21.6 Å². The minimum absolute atomic E-state index is 0.0544. The predicted molar refractivity (Wildman–Crippen MR) is 120 cm³/mol. The molecule has 0 aliphatic carbocycles. The number of carbonyl (C=O) groups is 2. The third kappa shape index (κ3) is 4.92. The lowest BCUT2D eigenvalue weighted by atomic mass is 10.1. The molecular formula is C21H20F4N6O3S. The third-order valence-corrected chi connectivity index (χ3v) is 6.36. The van der Waals surface area contributed by atoms with Gasteiger partial charge in [-0.05, 0) is 25.5 Å². The van der Waals surface area contributed by atoms with Gasteiger partial charge in [0.25, 0.3) is 5.91 Å².